The van der Waals surface area contributed by atoms with Gasteiger partial charge in [-0.2, -0.15) is 5.10 Å². The third-order valence-corrected chi connectivity index (χ3v) is 1.31. The van der Waals surface area contributed by atoms with E-state index in [0.29, 0.717) is 0 Å². The first kappa shape index (κ1) is 6.55. The van der Waals surface area contributed by atoms with Crippen LogP contribution >= 0.6 is 0 Å². The van der Waals surface area contributed by atoms with Gasteiger partial charge in [0.15, 0.2) is 0 Å². The molecule has 52 valence electrons. The summed E-state index contributed by atoms with van der Waals surface area (Å²) in [6.45, 7) is 2.76. The third kappa shape index (κ3) is 2.01. The van der Waals surface area contributed by atoms with Crippen LogP contribution in [0.1, 0.15) is 6.42 Å². The van der Waals surface area contributed by atoms with Crippen molar-refractivity contribution < 1.29 is 4.74 Å². The first-order chi connectivity index (χ1) is 4.43. The highest BCUT2D eigenvalue weighted by Gasteiger charge is 2.02. The van der Waals surface area contributed by atoms with E-state index in [0.717, 1.165) is 26.1 Å². The highest BCUT2D eigenvalue weighted by atomic mass is 16.5. The van der Waals surface area contributed by atoms with Crippen molar-refractivity contribution in [1.82, 2.24) is 5.01 Å². The lowest BCUT2D eigenvalue weighted by Gasteiger charge is -2.11. The van der Waals surface area contributed by atoms with E-state index < -0.39 is 0 Å². The molecular weight excluding hydrogens is 116 g/mol. The van der Waals surface area contributed by atoms with Crippen LogP contribution in [0.4, 0.5) is 0 Å². The molecule has 9 heavy (non-hydrogen) atoms. The molecule has 0 bridgehead atoms. The van der Waals surface area contributed by atoms with Crippen LogP contribution in [0.25, 0.3) is 0 Å². The fourth-order valence-electron chi connectivity index (χ4n) is 0.804. The van der Waals surface area contributed by atoms with E-state index in [1.807, 2.05) is 11.2 Å². The lowest BCUT2D eigenvalue weighted by Crippen LogP contribution is -2.18. The molecule has 1 aliphatic heterocycles. The number of ether oxygens (including phenoxy) is 1. The molecule has 3 heteroatoms. The van der Waals surface area contributed by atoms with Crippen LogP contribution in [0.3, 0.4) is 0 Å². The topological polar surface area (TPSA) is 24.8 Å². The zero-order valence-corrected chi connectivity index (χ0v) is 5.71. The van der Waals surface area contributed by atoms with Gasteiger partial charge in [-0.25, -0.2) is 0 Å². The van der Waals surface area contributed by atoms with E-state index in [1.165, 1.54) is 0 Å². The number of hydrazone groups is 1. The van der Waals surface area contributed by atoms with Crippen LogP contribution in [0.2, 0.25) is 0 Å². The Kier molecular flexibility index (Phi) is 2.51. The second-order valence-corrected chi connectivity index (χ2v) is 2.03. The maximum Gasteiger partial charge on any atom is 0.0654 e. The number of hydrogen-bond acceptors (Lipinski definition) is 3. The van der Waals surface area contributed by atoms with Crippen molar-refractivity contribution in [2.24, 2.45) is 5.10 Å². The minimum Gasteiger partial charge on any atom is -0.383 e. The van der Waals surface area contributed by atoms with E-state index in [9.17, 15) is 0 Å². The average molecular weight is 128 g/mol. The molecule has 0 atom stereocenters. The Morgan fingerprint density at radius 1 is 1.78 bits per heavy atom. The Bertz CT molecular complexity index is 103. The quantitative estimate of drug-likeness (QED) is 0.547. The van der Waals surface area contributed by atoms with E-state index in [4.69, 9.17) is 4.74 Å². The molecule has 0 N–H and O–H groups in total. The second-order valence-electron chi connectivity index (χ2n) is 2.03. The fraction of sp³-hybridized carbons (Fsp3) is 0.833. The molecule has 3 nitrogen and oxygen atoms in total. The number of methoxy groups -OCH3 is 1. The molecular formula is C6H12N2O. The third-order valence-electron chi connectivity index (χ3n) is 1.31. The van der Waals surface area contributed by atoms with E-state index in [2.05, 4.69) is 5.10 Å². The van der Waals surface area contributed by atoms with Crippen molar-refractivity contribution in [2.45, 2.75) is 6.42 Å². The number of hydrogen-bond donors (Lipinski definition) is 0. The lowest BCUT2D eigenvalue weighted by atomic mass is 10.5. The predicted molar refractivity (Wildman–Crippen MR) is 36.6 cm³/mol. The van der Waals surface area contributed by atoms with Crippen molar-refractivity contribution in [3.63, 3.8) is 0 Å². The van der Waals surface area contributed by atoms with Gasteiger partial charge in [0.05, 0.1) is 13.2 Å². The second kappa shape index (κ2) is 3.45. The molecule has 1 rings (SSSR count). The van der Waals surface area contributed by atoms with Crippen LogP contribution in [0, 0.1) is 0 Å². The SMILES string of the molecule is COCCN1CCC=N1. The molecule has 0 unspecified atom stereocenters. The van der Waals surface area contributed by atoms with Gasteiger partial charge in [0.25, 0.3) is 0 Å². The lowest BCUT2D eigenvalue weighted by molar-refractivity contribution is 0.156. The van der Waals surface area contributed by atoms with Crippen LogP contribution in [-0.2, 0) is 4.74 Å². The monoisotopic (exact) mass is 128 g/mol. The van der Waals surface area contributed by atoms with Crippen molar-refractivity contribution in [1.29, 1.82) is 0 Å². The van der Waals surface area contributed by atoms with Crippen LogP contribution in [-0.4, -0.2) is 38.0 Å². The predicted octanol–water partition coefficient (Wildman–Crippen LogP) is 0.324. The molecule has 0 radical (unpaired) electrons. The molecule has 0 aromatic carbocycles. The van der Waals surface area contributed by atoms with Crippen LogP contribution < -0.4 is 0 Å². The van der Waals surface area contributed by atoms with Gasteiger partial charge >= 0.3 is 0 Å². The Hall–Kier alpha value is -0.570. The van der Waals surface area contributed by atoms with E-state index in [1.54, 1.807) is 7.11 Å². The Labute approximate surface area is 55.3 Å². The number of nitrogens with zero attached hydrogens (tertiary/aromatic N) is 2. The zero-order chi connectivity index (χ0) is 6.53. The summed E-state index contributed by atoms with van der Waals surface area (Å²) in [5.41, 5.74) is 0. The molecule has 0 saturated heterocycles. The first-order valence-electron chi connectivity index (χ1n) is 3.20. The molecule has 0 saturated carbocycles. The standard InChI is InChI=1S/C6H12N2O/c1-9-6-5-8-4-2-3-7-8/h3H,2,4-6H2,1H3. The smallest absolute Gasteiger partial charge is 0.0654 e. The molecule has 1 aliphatic rings. The molecule has 1 heterocycles. The van der Waals surface area contributed by atoms with E-state index in [-0.39, 0.29) is 0 Å². The first-order valence-corrected chi connectivity index (χ1v) is 3.20. The van der Waals surface area contributed by atoms with Crippen molar-refractivity contribution >= 4 is 6.21 Å². The summed E-state index contributed by atoms with van der Waals surface area (Å²) in [4.78, 5) is 0. The van der Waals surface area contributed by atoms with Gasteiger partial charge in [-0.05, 0) is 0 Å². The molecule has 0 aliphatic carbocycles. The minimum atomic E-state index is 0.775. The van der Waals surface area contributed by atoms with Crippen molar-refractivity contribution in [3.05, 3.63) is 0 Å². The van der Waals surface area contributed by atoms with Gasteiger partial charge in [-0.15, -0.1) is 0 Å². The summed E-state index contributed by atoms with van der Waals surface area (Å²) in [6, 6.07) is 0. The molecule has 0 aromatic rings. The Morgan fingerprint density at radius 2 is 2.67 bits per heavy atom. The van der Waals surface area contributed by atoms with Crippen molar-refractivity contribution in [2.75, 3.05) is 26.8 Å². The zero-order valence-electron chi connectivity index (χ0n) is 5.71. The largest absolute Gasteiger partial charge is 0.383 e. The maximum atomic E-state index is 4.89. The van der Waals surface area contributed by atoms with Crippen LogP contribution in [0.5, 0.6) is 0 Å². The summed E-state index contributed by atoms with van der Waals surface area (Å²) >= 11 is 0. The minimum absolute atomic E-state index is 0.775. The normalized spacial score (nSPS) is 17.2. The highest BCUT2D eigenvalue weighted by molar-refractivity contribution is 5.58. The van der Waals surface area contributed by atoms with Gasteiger partial charge in [0, 0.05) is 26.3 Å². The average Bonchev–Trinajstić information content (AvgIpc) is 2.34. The summed E-state index contributed by atoms with van der Waals surface area (Å²) in [7, 11) is 1.71. The molecule has 0 aromatic heterocycles. The maximum absolute atomic E-state index is 4.89. The van der Waals surface area contributed by atoms with Gasteiger partial charge in [0.1, 0.15) is 0 Å². The summed E-state index contributed by atoms with van der Waals surface area (Å²) in [5, 5.41) is 6.12. The van der Waals surface area contributed by atoms with Gasteiger partial charge in [0.2, 0.25) is 0 Å². The van der Waals surface area contributed by atoms with E-state index >= 15 is 0 Å². The summed E-state index contributed by atoms with van der Waals surface area (Å²) < 4.78 is 4.89. The summed E-state index contributed by atoms with van der Waals surface area (Å²) in [6.07, 6.45) is 3.03. The summed E-state index contributed by atoms with van der Waals surface area (Å²) in [5.74, 6) is 0. The Morgan fingerprint density at radius 3 is 3.22 bits per heavy atom. The van der Waals surface area contributed by atoms with Crippen molar-refractivity contribution in [3.8, 4) is 0 Å². The Balaban J connectivity index is 2.05. The van der Waals surface area contributed by atoms with Gasteiger partial charge in [-0.3, -0.25) is 5.01 Å². The highest BCUT2D eigenvalue weighted by Crippen LogP contribution is 1.97. The number of rotatable bonds is 3. The fourth-order valence-corrected chi connectivity index (χ4v) is 0.804. The molecule has 0 fully saturated rings. The van der Waals surface area contributed by atoms with Gasteiger partial charge < -0.3 is 4.74 Å². The molecule has 0 spiro atoms. The van der Waals surface area contributed by atoms with Crippen LogP contribution in [0.15, 0.2) is 5.10 Å². The molecule has 0 amide bonds. The van der Waals surface area contributed by atoms with Gasteiger partial charge in [-0.1, -0.05) is 0 Å².